The third kappa shape index (κ3) is 5.84. The average Bonchev–Trinajstić information content (AvgIpc) is 2.69. The van der Waals surface area contributed by atoms with Crippen LogP contribution in [0.2, 0.25) is 0 Å². The van der Waals surface area contributed by atoms with Gasteiger partial charge in [0.1, 0.15) is 0 Å². The van der Waals surface area contributed by atoms with E-state index in [4.69, 9.17) is 9.47 Å². The third-order valence-electron chi connectivity index (χ3n) is 4.00. The number of rotatable bonds is 9. The van der Waals surface area contributed by atoms with E-state index in [1.807, 2.05) is 43.4 Å². The van der Waals surface area contributed by atoms with Gasteiger partial charge in [-0.1, -0.05) is 24.3 Å². The predicted octanol–water partition coefficient (Wildman–Crippen LogP) is 3.36. The highest BCUT2D eigenvalue weighted by Gasteiger charge is 2.03. The Labute approximate surface area is 155 Å². The first-order valence-electron chi connectivity index (χ1n) is 8.58. The maximum absolute atomic E-state index is 11.9. The van der Waals surface area contributed by atoms with Crippen molar-refractivity contribution in [3.05, 3.63) is 60.2 Å². The molecule has 0 bridgehead atoms. The minimum absolute atomic E-state index is 0.109. The molecule has 0 atom stereocenters. The number of para-hydroxylation sites is 1. The molecule has 5 nitrogen and oxygen atoms in total. The van der Waals surface area contributed by atoms with Crippen LogP contribution in [0.1, 0.15) is 12.0 Å². The first kappa shape index (κ1) is 19.4. The zero-order chi connectivity index (χ0) is 18.8. The predicted molar refractivity (Wildman–Crippen MR) is 106 cm³/mol. The molecule has 0 radical (unpaired) electrons. The summed E-state index contributed by atoms with van der Waals surface area (Å²) in [5.41, 5.74) is 2.05. The molecular formula is C21H26N2O3. The summed E-state index contributed by atoms with van der Waals surface area (Å²) in [6, 6.07) is 15.7. The van der Waals surface area contributed by atoms with Gasteiger partial charge in [0.15, 0.2) is 11.5 Å². The number of nitrogens with one attached hydrogen (secondary N) is 1. The van der Waals surface area contributed by atoms with Crippen molar-refractivity contribution in [3.8, 4) is 11.5 Å². The van der Waals surface area contributed by atoms with Crippen molar-refractivity contribution in [1.29, 1.82) is 0 Å². The van der Waals surface area contributed by atoms with Gasteiger partial charge < -0.3 is 19.7 Å². The van der Waals surface area contributed by atoms with Gasteiger partial charge in [-0.2, -0.15) is 0 Å². The first-order valence-corrected chi connectivity index (χ1v) is 8.58. The van der Waals surface area contributed by atoms with Crippen molar-refractivity contribution >= 4 is 17.7 Å². The van der Waals surface area contributed by atoms with E-state index in [0.29, 0.717) is 18.0 Å². The largest absolute Gasteiger partial charge is 0.493 e. The molecule has 0 saturated heterocycles. The quantitative estimate of drug-likeness (QED) is 0.554. The van der Waals surface area contributed by atoms with E-state index < -0.39 is 0 Å². The molecule has 0 aliphatic rings. The second-order valence-electron chi connectivity index (χ2n) is 5.85. The fourth-order valence-electron chi connectivity index (χ4n) is 2.53. The van der Waals surface area contributed by atoms with Crippen molar-refractivity contribution in [3.63, 3.8) is 0 Å². The molecule has 2 rings (SSSR count). The maximum Gasteiger partial charge on any atom is 0.244 e. The van der Waals surface area contributed by atoms with Crippen LogP contribution in [0.4, 0.5) is 5.69 Å². The fourth-order valence-corrected chi connectivity index (χ4v) is 2.53. The zero-order valence-corrected chi connectivity index (χ0v) is 15.6. The second kappa shape index (κ2) is 10.1. The van der Waals surface area contributed by atoms with E-state index in [2.05, 4.69) is 22.3 Å². The molecule has 0 fully saturated rings. The van der Waals surface area contributed by atoms with Crippen molar-refractivity contribution in [2.45, 2.75) is 6.42 Å². The Balaban J connectivity index is 1.75. The molecule has 2 aromatic rings. The second-order valence-corrected chi connectivity index (χ2v) is 5.85. The van der Waals surface area contributed by atoms with Gasteiger partial charge in [-0.05, 0) is 42.3 Å². The summed E-state index contributed by atoms with van der Waals surface area (Å²) in [5, 5.41) is 2.90. The van der Waals surface area contributed by atoms with Crippen molar-refractivity contribution < 1.29 is 14.3 Å². The van der Waals surface area contributed by atoms with E-state index >= 15 is 0 Å². The molecule has 0 spiro atoms. The van der Waals surface area contributed by atoms with Gasteiger partial charge in [0.2, 0.25) is 5.91 Å². The monoisotopic (exact) mass is 354 g/mol. The Hall–Kier alpha value is -2.95. The van der Waals surface area contributed by atoms with Crippen molar-refractivity contribution in [2.75, 3.05) is 39.3 Å². The molecule has 5 heteroatoms. The number of carbonyl (C=O) groups excluding carboxylic acids is 1. The molecular weight excluding hydrogens is 328 g/mol. The standard InChI is InChI=1S/C21H26N2O3/c1-23(18-8-5-4-6-9-18)15-7-14-22-21(24)13-11-17-10-12-19(25-2)20(16-17)26-3/h4-6,8-13,16H,7,14-15H2,1-3H3,(H,22,24)/b13-11+. The molecule has 1 amide bonds. The van der Waals surface area contributed by atoms with Crippen LogP contribution >= 0.6 is 0 Å². The van der Waals surface area contributed by atoms with Crippen LogP contribution in [0.25, 0.3) is 6.08 Å². The summed E-state index contributed by atoms with van der Waals surface area (Å²) in [5.74, 6) is 1.19. The minimum atomic E-state index is -0.109. The molecule has 0 saturated carbocycles. The lowest BCUT2D eigenvalue weighted by Gasteiger charge is -2.19. The van der Waals surface area contributed by atoms with Crippen LogP contribution < -0.4 is 19.7 Å². The summed E-state index contributed by atoms with van der Waals surface area (Å²) < 4.78 is 10.5. The van der Waals surface area contributed by atoms with E-state index in [9.17, 15) is 4.79 Å². The van der Waals surface area contributed by atoms with Gasteiger partial charge in [-0.15, -0.1) is 0 Å². The Kier molecular flexibility index (Phi) is 7.55. The van der Waals surface area contributed by atoms with Gasteiger partial charge in [0.05, 0.1) is 14.2 Å². The molecule has 1 N–H and O–H groups in total. The highest BCUT2D eigenvalue weighted by molar-refractivity contribution is 5.91. The summed E-state index contributed by atoms with van der Waals surface area (Å²) in [7, 11) is 5.23. The summed E-state index contributed by atoms with van der Waals surface area (Å²) in [6.07, 6.45) is 4.16. The third-order valence-corrected chi connectivity index (χ3v) is 4.00. The number of benzene rings is 2. The number of amides is 1. The first-order chi connectivity index (χ1) is 12.6. The maximum atomic E-state index is 11.9. The lowest BCUT2D eigenvalue weighted by Crippen LogP contribution is -2.26. The number of hydrogen-bond donors (Lipinski definition) is 1. The van der Waals surface area contributed by atoms with Crippen LogP contribution in [0.5, 0.6) is 11.5 Å². The van der Waals surface area contributed by atoms with Crippen LogP contribution in [0, 0.1) is 0 Å². The topological polar surface area (TPSA) is 50.8 Å². The van der Waals surface area contributed by atoms with Crippen molar-refractivity contribution in [1.82, 2.24) is 5.32 Å². The smallest absolute Gasteiger partial charge is 0.244 e. The Morgan fingerprint density at radius 2 is 1.81 bits per heavy atom. The Bertz CT molecular complexity index is 729. The van der Waals surface area contributed by atoms with Gasteiger partial charge in [0.25, 0.3) is 0 Å². The van der Waals surface area contributed by atoms with Crippen LogP contribution in [-0.2, 0) is 4.79 Å². The average molecular weight is 354 g/mol. The fraction of sp³-hybridized carbons (Fsp3) is 0.286. The van der Waals surface area contributed by atoms with Crippen LogP contribution in [0.3, 0.4) is 0 Å². The number of anilines is 1. The molecule has 138 valence electrons. The number of nitrogens with zero attached hydrogens (tertiary/aromatic N) is 1. The van der Waals surface area contributed by atoms with E-state index in [1.165, 1.54) is 11.8 Å². The van der Waals surface area contributed by atoms with Crippen LogP contribution in [-0.4, -0.2) is 40.3 Å². The molecule has 0 aromatic heterocycles. The van der Waals surface area contributed by atoms with E-state index in [1.54, 1.807) is 20.3 Å². The van der Waals surface area contributed by atoms with Gasteiger partial charge in [-0.25, -0.2) is 0 Å². The Morgan fingerprint density at radius 3 is 2.50 bits per heavy atom. The molecule has 0 unspecified atom stereocenters. The number of ether oxygens (including phenoxy) is 2. The van der Waals surface area contributed by atoms with E-state index in [0.717, 1.165) is 18.5 Å². The van der Waals surface area contributed by atoms with Gasteiger partial charge in [0, 0.05) is 31.9 Å². The van der Waals surface area contributed by atoms with Gasteiger partial charge in [-0.3, -0.25) is 4.79 Å². The normalized spacial score (nSPS) is 10.6. The lowest BCUT2D eigenvalue weighted by atomic mass is 10.2. The summed E-state index contributed by atoms with van der Waals surface area (Å²) >= 11 is 0. The van der Waals surface area contributed by atoms with Gasteiger partial charge >= 0.3 is 0 Å². The molecule has 2 aromatic carbocycles. The molecule has 0 aliphatic heterocycles. The van der Waals surface area contributed by atoms with E-state index in [-0.39, 0.29) is 5.91 Å². The van der Waals surface area contributed by atoms with Crippen LogP contribution in [0.15, 0.2) is 54.6 Å². The minimum Gasteiger partial charge on any atom is -0.493 e. The summed E-state index contributed by atoms with van der Waals surface area (Å²) in [6.45, 7) is 1.51. The number of carbonyl (C=O) groups is 1. The molecule has 26 heavy (non-hydrogen) atoms. The zero-order valence-electron chi connectivity index (χ0n) is 15.6. The highest BCUT2D eigenvalue weighted by atomic mass is 16.5. The molecule has 0 heterocycles. The highest BCUT2D eigenvalue weighted by Crippen LogP contribution is 2.27. The SMILES string of the molecule is COc1ccc(/C=C/C(=O)NCCCN(C)c2ccccc2)cc1OC. The Morgan fingerprint density at radius 1 is 1.08 bits per heavy atom. The van der Waals surface area contributed by atoms with Crippen molar-refractivity contribution in [2.24, 2.45) is 0 Å². The molecule has 0 aliphatic carbocycles. The number of methoxy groups -OCH3 is 2. The number of hydrogen-bond acceptors (Lipinski definition) is 4. The lowest BCUT2D eigenvalue weighted by molar-refractivity contribution is -0.116. The summed E-state index contributed by atoms with van der Waals surface area (Å²) in [4.78, 5) is 14.1.